The number of carbonyl (C=O) groups is 1. The van der Waals surface area contributed by atoms with Gasteiger partial charge in [-0.05, 0) is 31.7 Å². The molecule has 0 bridgehead atoms. The summed E-state index contributed by atoms with van der Waals surface area (Å²) in [6.45, 7) is 2.96. The fourth-order valence-electron chi connectivity index (χ4n) is 2.43. The normalized spacial score (nSPS) is 21.5. The Bertz CT molecular complexity index is 377. The summed E-state index contributed by atoms with van der Waals surface area (Å²) >= 11 is 0. The summed E-state index contributed by atoms with van der Waals surface area (Å²) in [5, 5.41) is 0. The lowest BCUT2D eigenvalue weighted by atomic mass is 10.1. The molecule has 1 aromatic carbocycles. The molecule has 3 heteroatoms. The van der Waals surface area contributed by atoms with Crippen LogP contribution in [0.4, 0.5) is 0 Å². The third kappa shape index (κ3) is 2.86. The molecule has 0 radical (unpaired) electrons. The second-order valence-corrected chi connectivity index (χ2v) is 4.82. The molecule has 1 aliphatic rings. The zero-order valence-electron chi connectivity index (χ0n) is 10.3. The lowest BCUT2D eigenvalue weighted by Gasteiger charge is -2.24. The lowest BCUT2D eigenvalue weighted by Crippen LogP contribution is -2.46. The van der Waals surface area contributed by atoms with Gasteiger partial charge in [0.1, 0.15) is 0 Å². The number of benzene rings is 1. The van der Waals surface area contributed by atoms with Crippen molar-refractivity contribution < 1.29 is 4.79 Å². The monoisotopic (exact) mass is 232 g/mol. The predicted molar refractivity (Wildman–Crippen MR) is 68.5 cm³/mol. The Balaban J connectivity index is 1.96. The van der Waals surface area contributed by atoms with Gasteiger partial charge in [0.05, 0.1) is 6.04 Å². The van der Waals surface area contributed by atoms with Crippen molar-refractivity contribution in [3.8, 4) is 0 Å². The number of hydrogen-bond donors (Lipinski definition) is 1. The third-order valence-corrected chi connectivity index (χ3v) is 3.45. The molecule has 1 aromatic rings. The van der Waals surface area contributed by atoms with E-state index in [1.54, 1.807) is 0 Å². The van der Waals surface area contributed by atoms with Crippen LogP contribution >= 0.6 is 0 Å². The SMILES string of the molecule is CC1CCCN1C(=O)C(N)Cc1ccccc1. The Morgan fingerprint density at radius 1 is 1.47 bits per heavy atom. The summed E-state index contributed by atoms with van der Waals surface area (Å²) < 4.78 is 0. The lowest BCUT2D eigenvalue weighted by molar-refractivity contribution is -0.133. The van der Waals surface area contributed by atoms with Crippen LogP contribution in [0.3, 0.4) is 0 Å². The van der Waals surface area contributed by atoms with Crippen LogP contribution in [0.25, 0.3) is 0 Å². The number of hydrogen-bond acceptors (Lipinski definition) is 2. The van der Waals surface area contributed by atoms with Crippen molar-refractivity contribution in [2.24, 2.45) is 5.73 Å². The van der Waals surface area contributed by atoms with E-state index in [4.69, 9.17) is 5.73 Å². The van der Waals surface area contributed by atoms with Crippen molar-refractivity contribution in [3.05, 3.63) is 35.9 Å². The van der Waals surface area contributed by atoms with Crippen LogP contribution in [0, 0.1) is 0 Å². The fraction of sp³-hybridized carbons (Fsp3) is 0.500. The van der Waals surface area contributed by atoms with Crippen LogP contribution in [0.2, 0.25) is 0 Å². The van der Waals surface area contributed by atoms with Crippen molar-refractivity contribution in [1.82, 2.24) is 4.90 Å². The van der Waals surface area contributed by atoms with Crippen molar-refractivity contribution in [2.75, 3.05) is 6.54 Å². The number of amides is 1. The third-order valence-electron chi connectivity index (χ3n) is 3.45. The number of carbonyl (C=O) groups excluding carboxylic acids is 1. The second kappa shape index (κ2) is 5.32. The van der Waals surface area contributed by atoms with Crippen LogP contribution < -0.4 is 5.73 Å². The smallest absolute Gasteiger partial charge is 0.240 e. The Hall–Kier alpha value is -1.35. The van der Waals surface area contributed by atoms with Gasteiger partial charge in [-0.25, -0.2) is 0 Å². The van der Waals surface area contributed by atoms with E-state index in [9.17, 15) is 4.79 Å². The minimum absolute atomic E-state index is 0.0962. The molecule has 2 N–H and O–H groups in total. The maximum Gasteiger partial charge on any atom is 0.240 e. The first-order chi connectivity index (χ1) is 8.18. The van der Waals surface area contributed by atoms with Gasteiger partial charge in [0.25, 0.3) is 0 Å². The van der Waals surface area contributed by atoms with E-state index in [0.29, 0.717) is 12.5 Å². The maximum atomic E-state index is 12.2. The molecule has 2 atom stereocenters. The first-order valence-corrected chi connectivity index (χ1v) is 6.28. The largest absolute Gasteiger partial charge is 0.339 e. The Morgan fingerprint density at radius 2 is 2.18 bits per heavy atom. The van der Waals surface area contributed by atoms with E-state index in [-0.39, 0.29) is 5.91 Å². The molecule has 1 fully saturated rings. The highest BCUT2D eigenvalue weighted by Crippen LogP contribution is 2.17. The predicted octanol–water partition coefficient (Wildman–Crippen LogP) is 1.57. The van der Waals surface area contributed by atoms with E-state index >= 15 is 0 Å². The van der Waals surface area contributed by atoms with Gasteiger partial charge < -0.3 is 10.6 Å². The molecule has 0 aromatic heterocycles. The van der Waals surface area contributed by atoms with Crippen LogP contribution in [-0.4, -0.2) is 29.4 Å². The van der Waals surface area contributed by atoms with Gasteiger partial charge in [0.2, 0.25) is 5.91 Å². The summed E-state index contributed by atoms with van der Waals surface area (Å²) in [5.74, 6) is 0.0962. The van der Waals surface area contributed by atoms with E-state index in [1.807, 2.05) is 35.2 Å². The van der Waals surface area contributed by atoms with Gasteiger partial charge in [0, 0.05) is 12.6 Å². The topological polar surface area (TPSA) is 46.3 Å². The molecule has 1 heterocycles. The van der Waals surface area contributed by atoms with Crippen LogP contribution in [0.5, 0.6) is 0 Å². The van der Waals surface area contributed by atoms with Crippen LogP contribution in [-0.2, 0) is 11.2 Å². The molecule has 1 amide bonds. The number of likely N-dealkylation sites (tertiary alicyclic amines) is 1. The highest BCUT2D eigenvalue weighted by molar-refractivity contribution is 5.82. The Labute approximate surface area is 103 Å². The molecule has 1 saturated heterocycles. The molecule has 0 aliphatic carbocycles. The van der Waals surface area contributed by atoms with E-state index < -0.39 is 6.04 Å². The van der Waals surface area contributed by atoms with E-state index in [0.717, 1.165) is 24.9 Å². The van der Waals surface area contributed by atoms with Crippen molar-refractivity contribution in [1.29, 1.82) is 0 Å². The van der Waals surface area contributed by atoms with Crippen molar-refractivity contribution >= 4 is 5.91 Å². The summed E-state index contributed by atoms with van der Waals surface area (Å²) in [6.07, 6.45) is 2.83. The van der Waals surface area contributed by atoms with Gasteiger partial charge in [-0.2, -0.15) is 0 Å². The van der Waals surface area contributed by atoms with Gasteiger partial charge in [-0.15, -0.1) is 0 Å². The Kier molecular flexibility index (Phi) is 3.79. The van der Waals surface area contributed by atoms with Gasteiger partial charge >= 0.3 is 0 Å². The van der Waals surface area contributed by atoms with E-state index in [2.05, 4.69) is 6.92 Å². The Morgan fingerprint density at radius 3 is 2.76 bits per heavy atom. The standard InChI is InChI=1S/C14H20N2O/c1-11-6-5-9-16(11)14(17)13(15)10-12-7-3-2-4-8-12/h2-4,7-8,11,13H,5-6,9-10,15H2,1H3. The van der Waals surface area contributed by atoms with Crippen LogP contribution in [0.15, 0.2) is 30.3 Å². The van der Waals surface area contributed by atoms with Crippen molar-refractivity contribution in [2.45, 2.75) is 38.3 Å². The number of nitrogens with zero attached hydrogens (tertiary/aromatic N) is 1. The quantitative estimate of drug-likeness (QED) is 0.859. The highest BCUT2D eigenvalue weighted by Gasteiger charge is 2.28. The zero-order valence-corrected chi connectivity index (χ0v) is 10.3. The fourth-order valence-corrected chi connectivity index (χ4v) is 2.43. The zero-order chi connectivity index (χ0) is 12.3. The summed E-state index contributed by atoms with van der Waals surface area (Å²) in [5.41, 5.74) is 7.13. The molecular weight excluding hydrogens is 212 g/mol. The van der Waals surface area contributed by atoms with E-state index in [1.165, 1.54) is 0 Å². The molecule has 2 unspecified atom stereocenters. The molecule has 0 spiro atoms. The van der Waals surface area contributed by atoms with Gasteiger partial charge in [0.15, 0.2) is 0 Å². The number of nitrogens with two attached hydrogens (primary N) is 1. The first kappa shape index (κ1) is 12.1. The average molecular weight is 232 g/mol. The molecule has 1 aliphatic heterocycles. The molecule has 2 rings (SSSR count). The van der Waals surface area contributed by atoms with Crippen LogP contribution in [0.1, 0.15) is 25.3 Å². The average Bonchev–Trinajstić information content (AvgIpc) is 2.76. The van der Waals surface area contributed by atoms with Gasteiger partial charge in [-0.3, -0.25) is 4.79 Å². The molecule has 3 nitrogen and oxygen atoms in total. The maximum absolute atomic E-state index is 12.2. The highest BCUT2D eigenvalue weighted by atomic mass is 16.2. The minimum Gasteiger partial charge on any atom is -0.339 e. The summed E-state index contributed by atoms with van der Waals surface area (Å²) in [6, 6.07) is 9.90. The first-order valence-electron chi connectivity index (χ1n) is 6.28. The molecule has 17 heavy (non-hydrogen) atoms. The number of rotatable bonds is 3. The summed E-state index contributed by atoms with van der Waals surface area (Å²) in [7, 11) is 0. The molecular formula is C14H20N2O. The van der Waals surface area contributed by atoms with Crippen molar-refractivity contribution in [3.63, 3.8) is 0 Å². The minimum atomic E-state index is -0.405. The second-order valence-electron chi connectivity index (χ2n) is 4.82. The molecule has 92 valence electrons. The van der Waals surface area contributed by atoms with Gasteiger partial charge in [-0.1, -0.05) is 30.3 Å². The summed E-state index contributed by atoms with van der Waals surface area (Å²) in [4.78, 5) is 14.1. The molecule has 0 saturated carbocycles.